The Morgan fingerprint density at radius 3 is 2.46 bits per heavy atom. The van der Waals surface area contributed by atoms with E-state index in [0.29, 0.717) is 5.13 Å². The average Bonchev–Trinajstić information content (AvgIpc) is 3.17. The van der Waals surface area contributed by atoms with Crippen LogP contribution in [0.3, 0.4) is 0 Å². The van der Waals surface area contributed by atoms with Crippen molar-refractivity contribution in [2.45, 2.75) is 31.1 Å². The minimum absolute atomic E-state index is 0.00484. The molecule has 0 saturated heterocycles. The molecule has 2 N–H and O–H groups in total. The molecule has 1 unspecified atom stereocenters. The molecule has 0 aliphatic heterocycles. The molecule has 1 atom stereocenters. The molecule has 0 saturated carbocycles. The van der Waals surface area contributed by atoms with Crippen LogP contribution in [0.5, 0.6) is 0 Å². The highest BCUT2D eigenvalue weighted by molar-refractivity contribution is 8.46. The van der Waals surface area contributed by atoms with Gasteiger partial charge in [-0.15, -0.1) is 11.3 Å². The fourth-order valence-electron chi connectivity index (χ4n) is 2.35. The van der Waals surface area contributed by atoms with Gasteiger partial charge in [-0.05, 0) is 42.4 Å². The van der Waals surface area contributed by atoms with E-state index in [2.05, 4.69) is 55.4 Å². The third-order valence-electron chi connectivity index (χ3n) is 3.87. The Morgan fingerprint density at radius 1 is 1.23 bits per heavy atom. The number of thiol groups is 1. The monoisotopic (exact) mass is 409 g/mol. The highest BCUT2D eigenvalue weighted by atomic mass is 32.8. The second-order valence-corrected chi connectivity index (χ2v) is 12.2. The summed E-state index contributed by atoms with van der Waals surface area (Å²) in [6.45, 7) is 6.42. The summed E-state index contributed by atoms with van der Waals surface area (Å²) in [4.78, 5) is 4.86. The summed E-state index contributed by atoms with van der Waals surface area (Å²) in [5, 5.41) is 10.4. The number of hydrogen-bond acceptors (Lipinski definition) is 5. The number of benzene rings is 1. The summed E-state index contributed by atoms with van der Waals surface area (Å²) in [6, 6.07) is 9.60. The van der Waals surface area contributed by atoms with Gasteiger partial charge in [0, 0.05) is 40.7 Å². The topological polar surface area (TPSA) is 71.8 Å². The minimum Gasteiger partial charge on any atom is -0.340 e. The molecule has 0 fully saturated rings. The molecule has 0 radical (unpaired) electrons. The summed E-state index contributed by atoms with van der Waals surface area (Å²) >= 11 is 1.43. The minimum atomic E-state index is -2.79. The zero-order valence-corrected chi connectivity index (χ0v) is 18.1. The Kier molecular flexibility index (Phi) is 5.19. The first-order chi connectivity index (χ1) is 12.1. The van der Waals surface area contributed by atoms with Crippen molar-refractivity contribution in [3.05, 3.63) is 47.6 Å². The molecule has 6 nitrogen and oxygen atoms in total. The van der Waals surface area contributed by atoms with E-state index in [1.165, 1.54) is 11.3 Å². The van der Waals surface area contributed by atoms with Crippen molar-refractivity contribution in [2.75, 3.05) is 10.0 Å². The van der Waals surface area contributed by atoms with Crippen molar-refractivity contribution in [3.8, 4) is 0 Å². The fourth-order valence-corrected chi connectivity index (χ4v) is 5.57. The van der Waals surface area contributed by atoms with E-state index in [4.69, 9.17) is 0 Å². The first kappa shape index (κ1) is 19.0. The second-order valence-electron chi connectivity index (χ2n) is 7.07. The van der Waals surface area contributed by atoms with E-state index in [1.807, 2.05) is 41.4 Å². The summed E-state index contributed by atoms with van der Waals surface area (Å²) in [6.07, 6.45) is 1.68. The second kappa shape index (κ2) is 7.10. The van der Waals surface area contributed by atoms with E-state index >= 15 is 0 Å². The van der Waals surface area contributed by atoms with Gasteiger partial charge in [0.05, 0.1) is 5.69 Å². The predicted octanol–water partition coefficient (Wildman–Crippen LogP) is 4.11. The lowest BCUT2D eigenvalue weighted by atomic mass is 9.92. The summed E-state index contributed by atoms with van der Waals surface area (Å²) in [7, 11) is 1.55. The van der Waals surface area contributed by atoms with Crippen molar-refractivity contribution in [2.24, 2.45) is 7.05 Å². The number of nitrogens with zero attached hydrogens (tertiary/aromatic N) is 3. The van der Waals surface area contributed by atoms with Crippen LogP contribution in [0.15, 0.2) is 46.8 Å². The van der Waals surface area contributed by atoms with E-state index < -0.39 is 9.74 Å². The van der Waals surface area contributed by atoms with Crippen molar-refractivity contribution in [3.63, 3.8) is 0 Å². The number of anilines is 3. The molecule has 140 valence electrons. The summed E-state index contributed by atoms with van der Waals surface area (Å²) in [5.41, 5.74) is 1.94. The number of nitrogens with one attached hydrogen (secondary N) is 2. The molecular formula is C17H24N5OPS2. The zero-order chi connectivity index (χ0) is 18.9. The smallest absolute Gasteiger partial charge is 0.193 e. The molecule has 0 aliphatic rings. The van der Waals surface area contributed by atoms with Crippen LogP contribution >= 0.6 is 19.8 Å². The zero-order valence-electron chi connectivity index (χ0n) is 15.2. The summed E-state index contributed by atoms with van der Waals surface area (Å²) < 4.78 is 17.7. The molecule has 0 spiro atoms. The van der Waals surface area contributed by atoms with Crippen LogP contribution in [-0.2, 0) is 22.2 Å². The molecule has 0 aliphatic carbocycles. The molecule has 0 bridgehead atoms. The third-order valence-corrected chi connectivity index (χ3v) is 7.60. The molecule has 9 heteroatoms. The first-order valence-electron chi connectivity index (χ1n) is 8.14. The molecule has 26 heavy (non-hydrogen) atoms. The highest BCUT2D eigenvalue weighted by Gasteiger charge is 2.19. The van der Waals surface area contributed by atoms with Crippen molar-refractivity contribution in [1.29, 1.82) is 0 Å². The van der Waals surface area contributed by atoms with E-state index in [9.17, 15) is 4.21 Å². The SMILES string of the molecule is Cn1nc(C(C)(C)C)cc1Nc1ccc([SH](=O)(P)Nc2nccs2)cc1. The molecule has 2 aromatic heterocycles. The fraction of sp³-hybridized carbons (Fsp3) is 0.294. The van der Waals surface area contributed by atoms with Gasteiger partial charge in [-0.1, -0.05) is 20.8 Å². The van der Waals surface area contributed by atoms with Crippen molar-refractivity contribution in [1.82, 2.24) is 14.8 Å². The Morgan fingerprint density at radius 2 is 1.92 bits per heavy atom. The number of aryl methyl sites for hydroxylation is 1. The van der Waals surface area contributed by atoms with Crippen LogP contribution in [0.4, 0.5) is 16.6 Å². The van der Waals surface area contributed by atoms with Crippen LogP contribution in [0.2, 0.25) is 0 Å². The highest BCUT2D eigenvalue weighted by Crippen LogP contribution is 2.31. The quantitative estimate of drug-likeness (QED) is 0.438. The first-order valence-corrected chi connectivity index (χ1v) is 12.3. The lowest BCUT2D eigenvalue weighted by molar-refractivity contribution is 0.553. The number of rotatable bonds is 5. The molecular weight excluding hydrogens is 385 g/mol. The van der Waals surface area contributed by atoms with Gasteiger partial charge in [0.2, 0.25) is 0 Å². The Balaban J connectivity index is 1.76. The average molecular weight is 410 g/mol. The van der Waals surface area contributed by atoms with Crippen molar-refractivity contribution < 1.29 is 4.21 Å². The van der Waals surface area contributed by atoms with E-state index in [0.717, 1.165) is 22.1 Å². The maximum atomic E-state index is 12.9. The maximum Gasteiger partial charge on any atom is 0.193 e. The van der Waals surface area contributed by atoms with Crippen molar-refractivity contribution >= 4 is 46.2 Å². The van der Waals surface area contributed by atoms with Gasteiger partial charge < -0.3 is 5.32 Å². The van der Waals surface area contributed by atoms with Gasteiger partial charge in [0.25, 0.3) is 0 Å². The van der Waals surface area contributed by atoms with Gasteiger partial charge in [-0.3, -0.25) is 13.6 Å². The van der Waals surface area contributed by atoms with Gasteiger partial charge >= 0.3 is 0 Å². The Hall–Kier alpha value is -1.76. The number of hydrogen-bond donors (Lipinski definition) is 3. The molecule has 3 aromatic rings. The normalized spacial score (nSPS) is 12.8. The van der Waals surface area contributed by atoms with Crippen LogP contribution in [0.25, 0.3) is 0 Å². The third kappa shape index (κ3) is 4.31. The van der Waals surface area contributed by atoms with E-state index in [1.54, 1.807) is 6.20 Å². The molecule has 0 amide bonds. The lowest BCUT2D eigenvalue weighted by Crippen LogP contribution is -2.14. The standard InChI is InChI=1S/C17H24N5OPS2/c1-17(2,3)14-11-15(22(4)20-14)19-12-5-7-13(8-6-12)26(23,24)21-16-18-9-10-25-16/h5-11,19,26H,24H2,1-4H3,(H,18,21,23). The van der Waals surface area contributed by atoms with Crippen LogP contribution < -0.4 is 10.0 Å². The van der Waals surface area contributed by atoms with E-state index in [-0.39, 0.29) is 5.41 Å². The largest absolute Gasteiger partial charge is 0.340 e. The van der Waals surface area contributed by atoms with Gasteiger partial charge in [-0.2, -0.15) is 5.10 Å². The number of thiazole rings is 1. The van der Waals surface area contributed by atoms with Crippen LogP contribution in [-0.4, -0.2) is 19.0 Å². The molecule has 1 aromatic carbocycles. The Bertz CT molecular complexity index is 929. The lowest BCUT2D eigenvalue weighted by Gasteiger charge is -2.20. The Labute approximate surface area is 160 Å². The summed E-state index contributed by atoms with van der Waals surface area (Å²) in [5.74, 6) is 0.914. The van der Waals surface area contributed by atoms with Gasteiger partial charge in [-0.25, -0.2) is 4.98 Å². The van der Waals surface area contributed by atoms with Crippen LogP contribution in [0.1, 0.15) is 26.5 Å². The molecule has 3 rings (SSSR count). The van der Waals surface area contributed by atoms with Crippen LogP contribution in [0, 0.1) is 0 Å². The number of aromatic nitrogens is 3. The van der Waals surface area contributed by atoms with Gasteiger partial charge in [0.1, 0.15) is 5.82 Å². The van der Waals surface area contributed by atoms with Gasteiger partial charge in [0.15, 0.2) is 5.13 Å². The molecule has 2 heterocycles. The maximum absolute atomic E-state index is 12.9. The predicted molar refractivity (Wildman–Crippen MR) is 115 cm³/mol.